The van der Waals surface area contributed by atoms with Gasteiger partial charge in [-0.1, -0.05) is 12.1 Å². The number of halogens is 1. The number of carbonyl (C=O) groups is 1. The number of rotatable bonds is 8. The molecule has 3 rings (SSSR count). The van der Waals surface area contributed by atoms with Gasteiger partial charge in [0.25, 0.3) is 0 Å². The molecule has 4 N–H and O–H groups in total. The Hall–Kier alpha value is -2.51. The summed E-state index contributed by atoms with van der Waals surface area (Å²) >= 11 is 0. The molecule has 1 aromatic carbocycles. The molecule has 2 heterocycles. The number of nitrogens with one attached hydrogen (secondary N) is 2. The number of anilines is 1. The van der Waals surface area contributed by atoms with E-state index in [4.69, 9.17) is 10.5 Å². The van der Waals surface area contributed by atoms with E-state index in [-0.39, 0.29) is 30.4 Å². The lowest BCUT2D eigenvalue weighted by atomic mass is 9.99. The molecule has 0 aliphatic carbocycles. The molecule has 0 saturated carbocycles. The first-order chi connectivity index (χ1) is 13.5. The molecule has 150 valence electrons. The number of ether oxygens (including phenoxy) is 1. The number of nitrogen functional groups attached to an aromatic ring is 1. The lowest BCUT2D eigenvalue weighted by Crippen LogP contribution is -2.34. The van der Waals surface area contributed by atoms with Crippen LogP contribution in [0.15, 0.2) is 36.4 Å². The monoisotopic (exact) mass is 386 g/mol. The molecule has 1 saturated heterocycles. The lowest BCUT2D eigenvalue weighted by Gasteiger charge is -2.19. The number of benzene rings is 1. The summed E-state index contributed by atoms with van der Waals surface area (Å²) in [5, 5.41) is 6.13. The molecular weight excluding hydrogens is 359 g/mol. The van der Waals surface area contributed by atoms with Gasteiger partial charge < -0.3 is 21.1 Å². The van der Waals surface area contributed by atoms with Crippen LogP contribution in [0.5, 0.6) is 0 Å². The van der Waals surface area contributed by atoms with Crippen LogP contribution in [0.3, 0.4) is 0 Å². The van der Waals surface area contributed by atoms with Crippen LogP contribution in [0, 0.1) is 18.7 Å². The van der Waals surface area contributed by atoms with Crippen molar-refractivity contribution in [1.82, 2.24) is 15.6 Å². The molecule has 28 heavy (non-hydrogen) atoms. The highest BCUT2D eigenvalue weighted by Crippen LogP contribution is 2.19. The molecule has 1 aliphatic heterocycles. The first-order valence-corrected chi connectivity index (χ1v) is 9.56. The average Bonchev–Trinajstić information content (AvgIpc) is 3.06. The highest BCUT2D eigenvalue weighted by Gasteiger charge is 2.29. The number of hydrogen-bond acceptors (Lipinski definition) is 5. The Morgan fingerprint density at radius 3 is 3.00 bits per heavy atom. The number of nitrogens with two attached hydrogens (primary N) is 1. The first kappa shape index (κ1) is 20.2. The predicted octanol–water partition coefficient (Wildman–Crippen LogP) is 1.62. The summed E-state index contributed by atoms with van der Waals surface area (Å²) < 4.78 is 19.0. The van der Waals surface area contributed by atoms with E-state index >= 15 is 0 Å². The van der Waals surface area contributed by atoms with Gasteiger partial charge in [-0.05, 0) is 55.2 Å². The van der Waals surface area contributed by atoms with Crippen molar-refractivity contribution in [2.45, 2.75) is 25.9 Å². The Morgan fingerprint density at radius 2 is 2.21 bits per heavy atom. The highest BCUT2D eigenvalue weighted by molar-refractivity contribution is 5.77. The summed E-state index contributed by atoms with van der Waals surface area (Å²) in [5.41, 5.74) is 8.72. The van der Waals surface area contributed by atoms with Crippen molar-refractivity contribution >= 4 is 11.7 Å². The van der Waals surface area contributed by atoms with Crippen molar-refractivity contribution in [2.75, 3.05) is 32.0 Å². The van der Waals surface area contributed by atoms with Gasteiger partial charge in [0.05, 0.1) is 6.10 Å². The number of amides is 1. The molecule has 6 nitrogen and oxygen atoms in total. The third kappa shape index (κ3) is 6.00. The highest BCUT2D eigenvalue weighted by atomic mass is 19.1. The topological polar surface area (TPSA) is 89.3 Å². The molecule has 2 atom stereocenters. The summed E-state index contributed by atoms with van der Waals surface area (Å²) in [6.45, 7) is 3.99. The van der Waals surface area contributed by atoms with Crippen LogP contribution >= 0.6 is 0 Å². The zero-order chi connectivity index (χ0) is 19.9. The lowest BCUT2D eigenvalue weighted by molar-refractivity contribution is -0.128. The van der Waals surface area contributed by atoms with Crippen LogP contribution < -0.4 is 16.4 Å². The van der Waals surface area contributed by atoms with Crippen LogP contribution in [0.25, 0.3) is 0 Å². The van der Waals surface area contributed by atoms with Gasteiger partial charge in [-0.15, -0.1) is 0 Å². The summed E-state index contributed by atoms with van der Waals surface area (Å²) in [7, 11) is 0. The number of nitrogens with zero attached hydrogens (tertiary/aromatic N) is 1. The van der Waals surface area contributed by atoms with Gasteiger partial charge in [0.2, 0.25) is 5.91 Å². The first-order valence-electron chi connectivity index (χ1n) is 9.56. The summed E-state index contributed by atoms with van der Waals surface area (Å²) in [6, 6.07) is 10.3. The van der Waals surface area contributed by atoms with E-state index < -0.39 is 0 Å². The molecule has 1 amide bonds. The van der Waals surface area contributed by atoms with E-state index in [1.807, 2.05) is 25.1 Å². The molecule has 0 radical (unpaired) electrons. The Morgan fingerprint density at radius 1 is 1.36 bits per heavy atom. The molecule has 0 bridgehead atoms. The van der Waals surface area contributed by atoms with Gasteiger partial charge in [-0.25, -0.2) is 9.37 Å². The number of hydrogen-bond donors (Lipinski definition) is 3. The minimum Gasteiger partial charge on any atom is -0.384 e. The van der Waals surface area contributed by atoms with E-state index in [9.17, 15) is 9.18 Å². The summed E-state index contributed by atoms with van der Waals surface area (Å²) in [4.78, 5) is 16.4. The molecule has 1 fully saturated rings. The Bertz CT molecular complexity index is 794. The molecular formula is C21H27FN4O2. The van der Waals surface area contributed by atoms with E-state index in [1.54, 1.807) is 6.07 Å². The van der Waals surface area contributed by atoms with Crippen LogP contribution in [0.4, 0.5) is 10.2 Å². The van der Waals surface area contributed by atoms with Crippen LogP contribution in [-0.2, 0) is 22.4 Å². The predicted molar refractivity (Wildman–Crippen MR) is 106 cm³/mol. The van der Waals surface area contributed by atoms with Crippen LogP contribution in [-0.4, -0.2) is 43.2 Å². The van der Waals surface area contributed by atoms with Crippen molar-refractivity contribution in [2.24, 2.45) is 5.92 Å². The maximum absolute atomic E-state index is 13.2. The van der Waals surface area contributed by atoms with E-state index in [1.165, 1.54) is 12.1 Å². The SMILES string of the molecule is Cc1cc(N)nc(CC2CNC[C@H]2OCC(=O)NCCc2cccc(F)c2)c1. The Kier molecular flexibility index (Phi) is 6.95. The fourth-order valence-corrected chi connectivity index (χ4v) is 3.52. The van der Waals surface area contributed by atoms with Gasteiger partial charge in [-0.2, -0.15) is 0 Å². The average molecular weight is 386 g/mol. The number of aryl methyl sites for hydroxylation is 1. The second-order valence-corrected chi connectivity index (χ2v) is 7.26. The third-order valence-corrected chi connectivity index (χ3v) is 4.85. The van der Waals surface area contributed by atoms with Gasteiger partial charge in [0, 0.05) is 31.2 Å². The third-order valence-electron chi connectivity index (χ3n) is 4.85. The van der Waals surface area contributed by atoms with Crippen LogP contribution in [0.2, 0.25) is 0 Å². The summed E-state index contributed by atoms with van der Waals surface area (Å²) in [5.74, 6) is 0.335. The second-order valence-electron chi connectivity index (χ2n) is 7.26. The number of carbonyl (C=O) groups excluding carboxylic acids is 1. The Balaban J connectivity index is 1.42. The number of aromatic nitrogens is 1. The quantitative estimate of drug-likeness (QED) is 0.642. The van der Waals surface area contributed by atoms with E-state index in [2.05, 4.69) is 15.6 Å². The fourth-order valence-electron chi connectivity index (χ4n) is 3.52. The van der Waals surface area contributed by atoms with Gasteiger partial charge in [0.15, 0.2) is 0 Å². The van der Waals surface area contributed by atoms with Gasteiger partial charge in [0.1, 0.15) is 18.2 Å². The summed E-state index contributed by atoms with van der Waals surface area (Å²) in [6.07, 6.45) is 1.29. The molecule has 1 aliphatic rings. The molecule has 7 heteroatoms. The smallest absolute Gasteiger partial charge is 0.246 e. The maximum Gasteiger partial charge on any atom is 0.246 e. The largest absolute Gasteiger partial charge is 0.384 e. The van der Waals surface area contributed by atoms with Crippen molar-refractivity contribution in [1.29, 1.82) is 0 Å². The normalized spacial score (nSPS) is 18.9. The van der Waals surface area contributed by atoms with Crippen molar-refractivity contribution in [3.8, 4) is 0 Å². The van der Waals surface area contributed by atoms with Crippen LogP contribution in [0.1, 0.15) is 16.8 Å². The molecule has 0 spiro atoms. The molecule has 2 aromatic rings. The van der Waals surface area contributed by atoms with Gasteiger partial charge in [-0.3, -0.25) is 4.79 Å². The zero-order valence-electron chi connectivity index (χ0n) is 16.1. The minimum atomic E-state index is -0.267. The zero-order valence-corrected chi connectivity index (χ0v) is 16.1. The van der Waals surface area contributed by atoms with Gasteiger partial charge >= 0.3 is 0 Å². The van der Waals surface area contributed by atoms with Crippen molar-refractivity contribution in [3.63, 3.8) is 0 Å². The van der Waals surface area contributed by atoms with E-state index in [0.29, 0.717) is 25.3 Å². The van der Waals surface area contributed by atoms with E-state index in [0.717, 1.165) is 29.8 Å². The standard InChI is InChI=1S/C21H27FN4O2/c1-14-7-18(26-20(23)8-14)10-16-11-24-12-19(16)28-13-21(27)25-6-5-15-3-2-4-17(22)9-15/h2-4,7-9,16,19,24H,5-6,10-13H2,1H3,(H2,23,26)(H,25,27)/t16?,19-/m1/s1. The second kappa shape index (κ2) is 9.61. The minimum absolute atomic E-state index is 0.00931. The van der Waals surface area contributed by atoms with Crippen molar-refractivity contribution in [3.05, 3.63) is 59.0 Å². The number of pyridine rings is 1. The maximum atomic E-state index is 13.2. The fraction of sp³-hybridized carbons (Fsp3) is 0.429. The Labute approximate surface area is 164 Å². The molecule has 1 aromatic heterocycles. The molecule has 1 unspecified atom stereocenters. The van der Waals surface area contributed by atoms with Crippen molar-refractivity contribution < 1.29 is 13.9 Å².